The minimum absolute atomic E-state index is 0.122. The van der Waals surface area contributed by atoms with E-state index < -0.39 is 0 Å². The van der Waals surface area contributed by atoms with Crippen molar-refractivity contribution in [3.8, 4) is 0 Å². The maximum absolute atomic E-state index is 13.6. The third-order valence-electron chi connectivity index (χ3n) is 3.30. The summed E-state index contributed by atoms with van der Waals surface area (Å²) in [4.78, 5) is 2.39. The van der Waals surface area contributed by atoms with Crippen molar-refractivity contribution in [3.05, 3.63) is 47.8 Å². The van der Waals surface area contributed by atoms with E-state index in [1.807, 2.05) is 30.3 Å². The Morgan fingerprint density at radius 1 is 1.00 bits per heavy atom. The van der Waals surface area contributed by atoms with E-state index >= 15 is 0 Å². The monoisotopic (exact) mass is 215 g/mol. The number of hydrogen-bond acceptors (Lipinski definition) is 1. The molecule has 16 heavy (non-hydrogen) atoms. The fourth-order valence-electron chi connectivity index (χ4n) is 2.24. The van der Waals surface area contributed by atoms with Crippen molar-refractivity contribution in [1.82, 2.24) is 4.90 Å². The number of benzene rings is 2. The Morgan fingerprint density at radius 3 is 2.44 bits per heavy atom. The van der Waals surface area contributed by atoms with Crippen molar-refractivity contribution >= 4 is 10.8 Å². The largest absolute Gasteiger partial charge is 0.299 e. The van der Waals surface area contributed by atoms with Crippen LogP contribution in [0, 0.1) is 5.82 Å². The fraction of sp³-hybridized carbons (Fsp3) is 0.286. The smallest absolute Gasteiger partial charge is 0.131 e. The summed E-state index contributed by atoms with van der Waals surface area (Å²) in [6.07, 6.45) is 1.29. The van der Waals surface area contributed by atoms with E-state index in [9.17, 15) is 4.39 Å². The summed E-state index contributed by atoms with van der Waals surface area (Å²) in [5.41, 5.74) is 1.23. The van der Waals surface area contributed by atoms with Gasteiger partial charge in [-0.25, -0.2) is 4.39 Å². The van der Waals surface area contributed by atoms with Gasteiger partial charge in [0.2, 0.25) is 0 Å². The zero-order valence-electron chi connectivity index (χ0n) is 9.12. The van der Waals surface area contributed by atoms with Crippen molar-refractivity contribution in [2.24, 2.45) is 0 Å². The van der Waals surface area contributed by atoms with Crippen molar-refractivity contribution < 1.29 is 4.39 Å². The van der Waals surface area contributed by atoms with Crippen LogP contribution in [0.3, 0.4) is 0 Å². The summed E-state index contributed by atoms with van der Waals surface area (Å²) in [5, 5.41) is 1.79. The summed E-state index contributed by atoms with van der Waals surface area (Å²) in [7, 11) is 0. The van der Waals surface area contributed by atoms with Gasteiger partial charge in [0.05, 0.1) is 0 Å². The van der Waals surface area contributed by atoms with Crippen LogP contribution in [0.2, 0.25) is 0 Å². The minimum atomic E-state index is -0.122. The summed E-state index contributed by atoms with van der Waals surface area (Å²) in [5.74, 6) is -0.122. The molecule has 0 unspecified atom stereocenters. The predicted molar refractivity (Wildman–Crippen MR) is 63.8 cm³/mol. The lowest BCUT2D eigenvalue weighted by atomic mass is 10.0. The van der Waals surface area contributed by atoms with E-state index in [2.05, 4.69) is 4.90 Å². The molecular weight excluding hydrogens is 201 g/mol. The molecular formula is C14H14FN. The molecule has 0 aromatic heterocycles. The number of nitrogens with zero attached hydrogens (tertiary/aromatic N) is 1. The van der Waals surface area contributed by atoms with Crippen molar-refractivity contribution in [1.29, 1.82) is 0 Å². The van der Waals surface area contributed by atoms with Gasteiger partial charge in [-0.15, -0.1) is 0 Å². The van der Waals surface area contributed by atoms with Gasteiger partial charge in [0.15, 0.2) is 0 Å². The van der Waals surface area contributed by atoms with Gasteiger partial charge in [0.25, 0.3) is 0 Å². The average Bonchev–Trinajstić information content (AvgIpc) is 2.26. The first-order valence-corrected chi connectivity index (χ1v) is 5.73. The molecule has 0 bridgehead atoms. The van der Waals surface area contributed by atoms with Gasteiger partial charge in [-0.2, -0.15) is 0 Å². The van der Waals surface area contributed by atoms with E-state index in [-0.39, 0.29) is 5.82 Å². The molecule has 0 saturated carbocycles. The SMILES string of the molecule is Fc1ccc(CN2CCC2)c2ccccc12. The van der Waals surface area contributed by atoms with Crippen LogP contribution in [0.1, 0.15) is 12.0 Å². The second-order valence-electron chi connectivity index (χ2n) is 4.38. The Bertz CT molecular complexity index is 517. The predicted octanol–water partition coefficient (Wildman–Crippen LogP) is 3.18. The summed E-state index contributed by atoms with van der Waals surface area (Å²) in [6, 6.07) is 11.2. The molecule has 0 spiro atoms. The Morgan fingerprint density at radius 2 is 1.75 bits per heavy atom. The number of fused-ring (bicyclic) bond motifs is 1. The Balaban J connectivity index is 2.06. The third kappa shape index (κ3) is 1.59. The molecule has 0 aliphatic carbocycles. The number of rotatable bonds is 2. The molecule has 1 nitrogen and oxygen atoms in total. The van der Waals surface area contributed by atoms with Crippen LogP contribution in [0.15, 0.2) is 36.4 Å². The summed E-state index contributed by atoms with van der Waals surface area (Å²) < 4.78 is 13.6. The van der Waals surface area contributed by atoms with Crippen LogP contribution >= 0.6 is 0 Å². The van der Waals surface area contributed by atoms with Crippen LogP contribution in [0.25, 0.3) is 10.8 Å². The molecule has 0 N–H and O–H groups in total. The highest BCUT2D eigenvalue weighted by Crippen LogP contribution is 2.24. The molecule has 3 rings (SSSR count). The number of likely N-dealkylation sites (tertiary alicyclic amines) is 1. The van der Waals surface area contributed by atoms with E-state index in [0.717, 1.165) is 17.3 Å². The van der Waals surface area contributed by atoms with Gasteiger partial charge in [-0.05, 0) is 36.5 Å². The summed E-state index contributed by atoms with van der Waals surface area (Å²) in [6.45, 7) is 3.29. The molecule has 2 heteroatoms. The lowest BCUT2D eigenvalue weighted by Crippen LogP contribution is -2.36. The normalized spacial score (nSPS) is 16.3. The number of halogens is 1. The van der Waals surface area contributed by atoms with Crippen LogP contribution in [-0.2, 0) is 6.54 Å². The Labute approximate surface area is 94.5 Å². The van der Waals surface area contributed by atoms with Gasteiger partial charge in [0, 0.05) is 11.9 Å². The van der Waals surface area contributed by atoms with Crippen molar-refractivity contribution in [3.63, 3.8) is 0 Å². The maximum atomic E-state index is 13.6. The molecule has 1 saturated heterocycles. The van der Waals surface area contributed by atoms with E-state index in [1.165, 1.54) is 25.1 Å². The van der Waals surface area contributed by atoms with Crippen LogP contribution in [0.5, 0.6) is 0 Å². The van der Waals surface area contributed by atoms with Gasteiger partial charge in [0.1, 0.15) is 5.82 Å². The van der Waals surface area contributed by atoms with Gasteiger partial charge >= 0.3 is 0 Å². The standard InChI is InChI=1S/C14H14FN/c15-14-7-6-11(10-16-8-3-9-16)12-4-1-2-5-13(12)14/h1-2,4-7H,3,8-10H2. The fourth-order valence-corrected chi connectivity index (χ4v) is 2.24. The lowest BCUT2D eigenvalue weighted by Gasteiger charge is -2.31. The molecule has 1 fully saturated rings. The first-order chi connectivity index (χ1) is 7.84. The zero-order chi connectivity index (χ0) is 11.0. The maximum Gasteiger partial charge on any atom is 0.131 e. The van der Waals surface area contributed by atoms with Crippen LogP contribution < -0.4 is 0 Å². The third-order valence-corrected chi connectivity index (χ3v) is 3.30. The molecule has 0 amide bonds. The molecule has 82 valence electrons. The molecule has 0 radical (unpaired) electrons. The highest BCUT2D eigenvalue weighted by molar-refractivity contribution is 5.86. The van der Waals surface area contributed by atoms with Crippen molar-refractivity contribution in [2.75, 3.05) is 13.1 Å². The van der Waals surface area contributed by atoms with Crippen LogP contribution in [0.4, 0.5) is 4.39 Å². The van der Waals surface area contributed by atoms with Gasteiger partial charge in [-0.1, -0.05) is 30.3 Å². The number of hydrogen-bond donors (Lipinski definition) is 0. The quantitative estimate of drug-likeness (QED) is 0.743. The molecule has 2 aromatic carbocycles. The highest BCUT2D eigenvalue weighted by Gasteiger charge is 2.15. The van der Waals surface area contributed by atoms with Crippen LogP contribution in [-0.4, -0.2) is 18.0 Å². The van der Waals surface area contributed by atoms with E-state index in [0.29, 0.717) is 0 Å². The topological polar surface area (TPSA) is 3.24 Å². The first-order valence-electron chi connectivity index (χ1n) is 5.73. The first kappa shape index (κ1) is 9.79. The van der Waals surface area contributed by atoms with Gasteiger partial charge in [-0.3, -0.25) is 4.90 Å². The lowest BCUT2D eigenvalue weighted by molar-refractivity contribution is 0.173. The molecule has 0 atom stereocenters. The second kappa shape index (κ2) is 3.87. The molecule has 1 aliphatic rings. The second-order valence-corrected chi connectivity index (χ2v) is 4.38. The Kier molecular flexibility index (Phi) is 2.37. The van der Waals surface area contributed by atoms with Crippen molar-refractivity contribution in [2.45, 2.75) is 13.0 Å². The van der Waals surface area contributed by atoms with E-state index in [4.69, 9.17) is 0 Å². The highest BCUT2D eigenvalue weighted by atomic mass is 19.1. The molecule has 1 aliphatic heterocycles. The molecule has 2 aromatic rings. The average molecular weight is 215 g/mol. The van der Waals surface area contributed by atoms with E-state index in [1.54, 1.807) is 6.07 Å². The molecule has 1 heterocycles. The van der Waals surface area contributed by atoms with Gasteiger partial charge < -0.3 is 0 Å². The summed E-state index contributed by atoms with van der Waals surface area (Å²) >= 11 is 0. The zero-order valence-corrected chi connectivity index (χ0v) is 9.12. The Hall–Kier alpha value is -1.41. The minimum Gasteiger partial charge on any atom is -0.299 e.